The predicted octanol–water partition coefficient (Wildman–Crippen LogP) is 2.21. The van der Waals surface area contributed by atoms with Crippen molar-refractivity contribution in [2.45, 2.75) is 25.3 Å². The Morgan fingerprint density at radius 3 is 2.79 bits per heavy atom. The second kappa shape index (κ2) is 5.39. The molecule has 19 heavy (non-hydrogen) atoms. The highest BCUT2D eigenvalue weighted by Crippen LogP contribution is 2.39. The maximum Gasteiger partial charge on any atom is 0.255 e. The van der Waals surface area contributed by atoms with Gasteiger partial charge in [-0.05, 0) is 43.9 Å². The average Bonchev–Trinajstić information content (AvgIpc) is 3.23. The van der Waals surface area contributed by atoms with Crippen LogP contribution in [-0.4, -0.2) is 25.1 Å². The average molecular weight is 283 g/mol. The number of nitrogens with two attached hydrogens (primary N) is 1. The molecule has 1 aliphatic rings. The maximum absolute atomic E-state index is 12.4. The van der Waals surface area contributed by atoms with E-state index < -0.39 is 0 Å². The summed E-state index contributed by atoms with van der Waals surface area (Å²) in [6.45, 7) is 2.41. The first-order valence-corrected chi connectivity index (χ1v) is 6.74. The van der Waals surface area contributed by atoms with Crippen LogP contribution in [-0.2, 0) is 0 Å². The number of ether oxygens (including phenoxy) is 1. The number of rotatable bonds is 5. The lowest BCUT2D eigenvalue weighted by atomic mass is 9.95. The standard InChI is InChI=1S/C14H19ClN2O2/c1-14(8-16,9-3-4-9)17-13(18)11-7-10(15)5-6-12(11)19-2/h5-7,9H,3-4,8,16H2,1-2H3,(H,17,18). The van der Waals surface area contributed by atoms with E-state index in [1.165, 1.54) is 7.11 Å². The lowest BCUT2D eigenvalue weighted by Crippen LogP contribution is -2.53. The van der Waals surface area contributed by atoms with Crippen molar-refractivity contribution in [1.29, 1.82) is 0 Å². The van der Waals surface area contributed by atoms with Gasteiger partial charge in [-0.15, -0.1) is 0 Å². The molecule has 0 saturated heterocycles. The smallest absolute Gasteiger partial charge is 0.255 e. The van der Waals surface area contributed by atoms with Gasteiger partial charge in [-0.1, -0.05) is 11.6 Å². The minimum Gasteiger partial charge on any atom is -0.496 e. The number of nitrogens with one attached hydrogen (secondary N) is 1. The van der Waals surface area contributed by atoms with Crippen LogP contribution in [0.25, 0.3) is 0 Å². The summed E-state index contributed by atoms with van der Waals surface area (Å²) in [7, 11) is 1.53. The second-order valence-corrected chi connectivity index (χ2v) is 5.63. The van der Waals surface area contributed by atoms with Crippen molar-refractivity contribution in [3.8, 4) is 5.75 Å². The third-order valence-corrected chi connectivity index (χ3v) is 3.94. The maximum atomic E-state index is 12.4. The molecule has 0 aromatic heterocycles. The first-order valence-electron chi connectivity index (χ1n) is 6.36. The number of methoxy groups -OCH3 is 1. The molecule has 1 unspecified atom stereocenters. The van der Waals surface area contributed by atoms with Gasteiger partial charge in [-0.25, -0.2) is 0 Å². The van der Waals surface area contributed by atoms with E-state index in [0.717, 1.165) is 12.8 Å². The zero-order valence-corrected chi connectivity index (χ0v) is 12.0. The molecule has 0 spiro atoms. The van der Waals surface area contributed by atoms with E-state index in [9.17, 15) is 4.79 Å². The number of carbonyl (C=O) groups excluding carboxylic acids is 1. The summed E-state index contributed by atoms with van der Waals surface area (Å²) in [5, 5.41) is 3.53. The summed E-state index contributed by atoms with van der Waals surface area (Å²) >= 11 is 5.94. The molecule has 0 heterocycles. The fraction of sp³-hybridized carbons (Fsp3) is 0.500. The summed E-state index contributed by atoms with van der Waals surface area (Å²) in [6.07, 6.45) is 2.22. The van der Waals surface area contributed by atoms with E-state index in [1.54, 1.807) is 18.2 Å². The Morgan fingerprint density at radius 2 is 2.26 bits per heavy atom. The summed E-state index contributed by atoms with van der Waals surface area (Å²) < 4.78 is 5.19. The summed E-state index contributed by atoms with van der Waals surface area (Å²) in [5.41, 5.74) is 5.89. The minimum absolute atomic E-state index is 0.195. The molecule has 1 saturated carbocycles. The quantitative estimate of drug-likeness (QED) is 0.870. The summed E-state index contributed by atoms with van der Waals surface area (Å²) in [4.78, 5) is 12.4. The van der Waals surface area contributed by atoms with Crippen molar-refractivity contribution >= 4 is 17.5 Å². The van der Waals surface area contributed by atoms with Crippen LogP contribution in [0.15, 0.2) is 18.2 Å². The zero-order chi connectivity index (χ0) is 14.0. The Hall–Kier alpha value is -1.26. The van der Waals surface area contributed by atoms with E-state index in [0.29, 0.717) is 28.8 Å². The van der Waals surface area contributed by atoms with Crippen molar-refractivity contribution in [3.63, 3.8) is 0 Å². The highest BCUT2D eigenvalue weighted by molar-refractivity contribution is 6.31. The Bertz CT molecular complexity index is 488. The molecule has 0 bridgehead atoms. The van der Waals surface area contributed by atoms with Crippen molar-refractivity contribution in [3.05, 3.63) is 28.8 Å². The van der Waals surface area contributed by atoms with E-state index in [4.69, 9.17) is 22.1 Å². The topological polar surface area (TPSA) is 64.3 Å². The number of benzene rings is 1. The van der Waals surface area contributed by atoms with Gasteiger partial charge in [0, 0.05) is 11.6 Å². The van der Waals surface area contributed by atoms with Gasteiger partial charge < -0.3 is 15.8 Å². The van der Waals surface area contributed by atoms with Gasteiger partial charge in [0.2, 0.25) is 0 Å². The summed E-state index contributed by atoms with van der Waals surface area (Å²) in [5.74, 6) is 0.780. The van der Waals surface area contributed by atoms with Crippen LogP contribution < -0.4 is 15.8 Å². The summed E-state index contributed by atoms with van der Waals surface area (Å²) in [6, 6.07) is 4.99. The number of hydrogen-bond donors (Lipinski definition) is 2. The molecule has 4 nitrogen and oxygen atoms in total. The van der Waals surface area contributed by atoms with Crippen LogP contribution in [0.4, 0.5) is 0 Å². The third kappa shape index (κ3) is 3.01. The van der Waals surface area contributed by atoms with Gasteiger partial charge in [0.05, 0.1) is 18.2 Å². The highest BCUT2D eigenvalue weighted by Gasteiger charge is 2.41. The van der Waals surface area contributed by atoms with E-state index in [2.05, 4.69) is 5.32 Å². The fourth-order valence-electron chi connectivity index (χ4n) is 2.22. The molecule has 1 aromatic rings. The molecule has 3 N–H and O–H groups in total. The van der Waals surface area contributed by atoms with Crippen molar-refractivity contribution in [2.24, 2.45) is 11.7 Å². The lowest BCUT2D eigenvalue weighted by Gasteiger charge is -2.29. The van der Waals surface area contributed by atoms with Gasteiger partial charge in [-0.3, -0.25) is 4.79 Å². The molecular weight excluding hydrogens is 264 g/mol. The molecule has 5 heteroatoms. The molecule has 1 amide bonds. The van der Waals surface area contributed by atoms with E-state index >= 15 is 0 Å². The number of carbonyl (C=O) groups is 1. The molecule has 0 radical (unpaired) electrons. The van der Waals surface area contributed by atoms with Gasteiger partial charge in [0.25, 0.3) is 5.91 Å². The zero-order valence-electron chi connectivity index (χ0n) is 11.2. The Labute approximate surface area is 118 Å². The van der Waals surface area contributed by atoms with Crippen molar-refractivity contribution < 1.29 is 9.53 Å². The molecule has 2 rings (SSSR count). The molecule has 104 valence electrons. The highest BCUT2D eigenvalue weighted by atomic mass is 35.5. The van der Waals surface area contributed by atoms with Crippen LogP contribution in [0.1, 0.15) is 30.1 Å². The van der Waals surface area contributed by atoms with E-state index in [1.807, 2.05) is 6.92 Å². The van der Waals surface area contributed by atoms with Crippen LogP contribution in [0, 0.1) is 5.92 Å². The van der Waals surface area contributed by atoms with Gasteiger partial charge in [0.15, 0.2) is 0 Å². The molecule has 1 aromatic carbocycles. The molecule has 1 fully saturated rings. The SMILES string of the molecule is COc1ccc(Cl)cc1C(=O)NC(C)(CN)C1CC1. The Balaban J connectivity index is 2.21. The Kier molecular flexibility index (Phi) is 4.02. The lowest BCUT2D eigenvalue weighted by molar-refractivity contribution is 0.0894. The Morgan fingerprint density at radius 1 is 1.58 bits per heavy atom. The number of hydrogen-bond acceptors (Lipinski definition) is 3. The van der Waals surface area contributed by atoms with Gasteiger partial charge in [-0.2, -0.15) is 0 Å². The van der Waals surface area contributed by atoms with Crippen LogP contribution in [0.2, 0.25) is 5.02 Å². The normalized spacial score (nSPS) is 17.7. The van der Waals surface area contributed by atoms with Gasteiger partial charge in [0.1, 0.15) is 5.75 Å². The number of halogens is 1. The monoisotopic (exact) mass is 282 g/mol. The van der Waals surface area contributed by atoms with Crippen molar-refractivity contribution in [1.82, 2.24) is 5.32 Å². The molecule has 1 atom stereocenters. The fourth-order valence-corrected chi connectivity index (χ4v) is 2.40. The number of amides is 1. The second-order valence-electron chi connectivity index (χ2n) is 5.19. The molecule has 0 aliphatic heterocycles. The third-order valence-electron chi connectivity index (χ3n) is 3.71. The van der Waals surface area contributed by atoms with Crippen LogP contribution in [0.3, 0.4) is 0 Å². The largest absolute Gasteiger partial charge is 0.496 e. The predicted molar refractivity (Wildman–Crippen MR) is 75.7 cm³/mol. The minimum atomic E-state index is -0.357. The van der Waals surface area contributed by atoms with Crippen LogP contribution >= 0.6 is 11.6 Å². The van der Waals surface area contributed by atoms with Gasteiger partial charge >= 0.3 is 0 Å². The molecular formula is C14H19ClN2O2. The van der Waals surface area contributed by atoms with Crippen molar-refractivity contribution in [2.75, 3.05) is 13.7 Å². The first-order chi connectivity index (χ1) is 9.00. The molecule has 1 aliphatic carbocycles. The first kappa shape index (κ1) is 14.2. The van der Waals surface area contributed by atoms with Crippen LogP contribution in [0.5, 0.6) is 5.75 Å². The van der Waals surface area contributed by atoms with E-state index in [-0.39, 0.29) is 11.4 Å².